The number of carbonyl (C=O) groups excluding carboxylic acids is 1. The van der Waals surface area contributed by atoms with Crippen molar-refractivity contribution in [2.24, 2.45) is 17.6 Å². The molecular weight excluding hydrogens is 320 g/mol. The molecule has 0 radical (unpaired) electrons. The van der Waals surface area contributed by atoms with Crippen LogP contribution in [0.3, 0.4) is 0 Å². The van der Waals surface area contributed by atoms with E-state index in [9.17, 15) is 4.79 Å². The van der Waals surface area contributed by atoms with E-state index in [0.717, 1.165) is 17.2 Å². The van der Waals surface area contributed by atoms with Gasteiger partial charge in [-0.2, -0.15) is 0 Å². The third kappa shape index (κ3) is 3.28. The lowest BCUT2D eigenvalue weighted by Gasteiger charge is -2.33. The van der Waals surface area contributed by atoms with Crippen LogP contribution in [0.2, 0.25) is 0 Å². The van der Waals surface area contributed by atoms with Crippen molar-refractivity contribution in [1.29, 1.82) is 0 Å². The fraction of sp³-hybridized carbons (Fsp3) is 0.609. The highest BCUT2D eigenvalue weighted by molar-refractivity contribution is 5.98. The van der Waals surface area contributed by atoms with Gasteiger partial charge in [-0.1, -0.05) is 51.7 Å². The number of nitrogens with one attached hydrogen (secondary N) is 1. The first-order valence-corrected chi connectivity index (χ1v) is 10.5. The molecule has 26 heavy (non-hydrogen) atoms. The zero-order chi connectivity index (χ0) is 18.3. The smallest absolute Gasteiger partial charge is 0.265 e. The number of fused-ring (bicyclic) bond motifs is 1. The van der Waals surface area contributed by atoms with Crippen molar-refractivity contribution < 1.29 is 4.79 Å². The van der Waals surface area contributed by atoms with Crippen LogP contribution in [0.1, 0.15) is 98.7 Å². The molecule has 140 valence electrons. The molecule has 0 saturated heterocycles. The highest BCUT2D eigenvalue weighted by Gasteiger charge is 2.29. The van der Waals surface area contributed by atoms with Gasteiger partial charge in [0, 0.05) is 10.9 Å². The van der Waals surface area contributed by atoms with Crippen molar-refractivity contribution in [3.63, 3.8) is 0 Å². The summed E-state index contributed by atoms with van der Waals surface area (Å²) in [7, 11) is 0. The number of rotatable bonds is 3. The summed E-state index contributed by atoms with van der Waals surface area (Å²) in [5.74, 6) is 2.63. The van der Waals surface area contributed by atoms with Gasteiger partial charge in [-0.15, -0.1) is 0 Å². The van der Waals surface area contributed by atoms with Crippen molar-refractivity contribution in [2.75, 3.05) is 0 Å². The van der Waals surface area contributed by atoms with Gasteiger partial charge in [-0.3, -0.25) is 4.79 Å². The van der Waals surface area contributed by atoms with Crippen molar-refractivity contribution in [3.8, 4) is 0 Å². The molecule has 0 spiro atoms. The van der Waals surface area contributed by atoms with Gasteiger partial charge in [0.2, 0.25) is 0 Å². The molecule has 3 nitrogen and oxygen atoms in total. The summed E-state index contributed by atoms with van der Waals surface area (Å²) < 4.78 is 0. The largest absolute Gasteiger partial charge is 0.364 e. The lowest BCUT2D eigenvalue weighted by atomic mass is 9.72. The first kappa shape index (κ1) is 17.6. The van der Waals surface area contributed by atoms with Gasteiger partial charge in [0.25, 0.3) is 5.91 Å². The molecule has 2 aliphatic carbocycles. The molecule has 1 heterocycles. The minimum absolute atomic E-state index is 0.363. The molecule has 0 bridgehead atoms. The molecule has 2 aliphatic rings. The molecule has 1 amide bonds. The van der Waals surface area contributed by atoms with Gasteiger partial charge in [0.15, 0.2) is 0 Å². The molecule has 0 unspecified atom stereocenters. The van der Waals surface area contributed by atoms with Crippen LogP contribution in [0.15, 0.2) is 18.2 Å². The second-order valence-electron chi connectivity index (χ2n) is 8.99. The second-order valence-corrected chi connectivity index (χ2v) is 8.99. The Bertz CT molecular complexity index is 790. The van der Waals surface area contributed by atoms with E-state index in [2.05, 4.69) is 31.0 Å². The Balaban J connectivity index is 1.79. The molecular formula is C23H32N2O. The molecule has 1 aromatic carbocycles. The SMILES string of the molecule is CC1CCC(c2ccc3cc(C(N)=O)[nH]c3c2C2CCC(C)CC2)CC1. The van der Waals surface area contributed by atoms with Crippen molar-refractivity contribution in [3.05, 3.63) is 35.0 Å². The summed E-state index contributed by atoms with van der Waals surface area (Å²) in [4.78, 5) is 15.1. The molecule has 2 aromatic rings. The van der Waals surface area contributed by atoms with E-state index in [-0.39, 0.29) is 5.91 Å². The number of hydrogen-bond acceptors (Lipinski definition) is 1. The van der Waals surface area contributed by atoms with Crippen LogP contribution in [-0.4, -0.2) is 10.9 Å². The first-order valence-electron chi connectivity index (χ1n) is 10.5. The predicted octanol–water partition coefficient (Wildman–Crippen LogP) is 5.85. The minimum atomic E-state index is -0.363. The number of benzene rings is 1. The summed E-state index contributed by atoms with van der Waals surface area (Å²) in [5.41, 5.74) is 10.3. The lowest BCUT2D eigenvalue weighted by molar-refractivity contribution is 0.0996. The third-order valence-electron chi connectivity index (χ3n) is 7.02. The topological polar surface area (TPSA) is 58.9 Å². The van der Waals surface area contributed by atoms with Gasteiger partial charge in [0.05, 0.1) is 0 Å². The van der Waals surface area contributed by atoms with Crippen LogP contribution in [0.5, 0.6) is 0 Å². The van der Waals surface area contributed by atoms with Gasteiger partial charge < -0.3 is 10.7 Å². The number of aromatic amines is 1. The Morgan fingerprint density at radius 1 is 0.923 bits per heavy atom. The van der Waals surface area contributed by atoms with E-state index in [1.807, 2.05) is 6.07 Å². The maximum Gasteiger partial charge on any atom is 0.265 e. The zero-order valence-electron chi connectivity index (χ0n) is 16.2. The molecule has 2 saturated carbocycles. The molecule has 3 heteroatoms. The first-order chi connectivity index (χ1) is 12.5. The summed E-state index contributed by atoms with van der Waals surface area (Å²) in [5, 5.41) is 1.14. The van der Waals surface area contributed by atoms with Crippen LogP contribution in [0.25, 0.3) is 10.9 Å². The fourth-order valence-corrected chi connectivity index (χ4v) is 5.29. The number of nitrogens with two attached hydrogens (primary N) is 1. The van der Waals surface area contributed by atoms with E-state index >= 15 is 0 Å². The van der Waals surface area contributed by atoms with E-state index in [1.54, 1.807) is 5.56 Å². The highest BCUT2D eigenvalue weighted by Crippen LogP contribution is 2.45. The average Bonchev–Trinajstić information content (AvgIpc) is 3.07. The summed E-state index contributed by atoms with van der Waals surface area (Å²) in [6, 6.07) is 6.48. The van der Waals surface area contributed by atoms with Crippen molar-refractivity contribution >= 4 is 16.8 Å². The lowest BCUT2D eigenvalue weighted by Crippen LogP contribution is -2.17. The van der Waals surface area contributed by atoms with Crippen LogP contribution in [-0.2, 0) is 0 Å². The molecule has 4 rings (SSSR count). The second kappa shape index (κ2) is 7.09. The fourth-order valence-electron chi connectivity index (χ4n) is 5.29. The Hall–Kier alpha value is -1.77. The minimum Gasteiger partial charge on any atom is -0.364 e. The molecule has 1 aromatic heterocycles. The monoisotopic (exact) mass is 352 g/mol. The van der Waals surface area contributed by atoms with E-state index in [4.69, 9.17) is 5.73 Å². The van der Waals surface area contributed by atoms with E-state index in [1.165, 1.54) is 62.4 Å². The number of hydrogen-bond donors (Lipinski definition) is 2. The summed E-state index contributed by atoms with van der Waals surface area (Å²) in [6.45, 7) is 4.76. The van der Waals surface area contributed by atoms with Crippen LogP contribution >= 0.6 is 0 Å². The van der Waals surface area contributed by atoms with Gasteiger partial charge in [-0.25, -0.2) is 0 Å². The zero-order valence-corrected chi connectivity index (χ0v) is 16.2. The third-order valence-corrected chi connectivity index (χ3v) is 7.02. The Labute approximate surface area is 156 Å². The van der Waals surface area contributed by atoms with Crippen molar-refractivity contribution in [2.45, 2.75) is 77.0 Å². The number of H-pyrrole nitrogens is 1. The Morgan fingerprint density at radius 2 is 1.50 bits per heavy atom. The number of carbonyl (C=O) groups is 1. The molecule has 3 N–H and O–H groups in total. The summed E-state index contributed by atoms with van der Waals surface area (Å²) >= 11 is 0. The Kier molecular flexibility index (Phi) is 4.81. The van der Waals surface area contributed by atoms with Gasteiger partial charge >= 0.3 is 0 Å². The van der Waals surface area contributed by atoms with Crippen LogP contribution in [0, 0.1) is 11.8 Å². The van der Waals surface area contributed by atoms with Crippen LogP contribution in [0.4, 0.5) is 0 Å². The number of primary amides is 1. The highest BCUT2D eigenvalue weighted by atomic mass is 16.1. The normalized spacial score (nSPS) is 29.8. The predicted molar refractivity (Wildman–Crippen MR) is 108 cm³/mol. The standard InChI is InChI=1S/C23H32N2O/c1-14-3-7-16(8-4-14)19-12-11-18-13-20(23(24)26)25-22(18)21(19)17-9-5-15(2)6-10-17/h11-17,25H,3-10H2,1-2H3,(H2,24,26). The van der Waals surface area contributed by atoms with E-state index < -0.39 is 0 Å². The van der Waals surface area contributed by atoms with Gasteiger partial charge in [-0.05, 0) is 66.5 Å². The quantitative estimate of drug-likeness (QED) is 0.714. The molecule has 0 aliphatic heterocycles. The molecule has 0 atom stereocenters. The number of aromatic nitrogens is 1. The van der Waals surface area contributed by atoms with Gasteiger partial charge in [0.1, 0.15) is 5.69 Å². The van der Waals surface area contributed by atoms with E-state index in [0.29, 0.717) is 17.5 Å². The Morgan fingerprint density at radius 3 is 2.08 bits per heavy atom. The van der Waals surface area contributed by atoms with Crippen molar-refractivity contribution in [1.82, 2.24) is 4.98 Å². The maximum atomic E-state index is 11.7. The summed E-state index contributed by atoms with van der Waals surface area (Å²) in [6.07, 6.45) is 10.4. The average molecular weight is 353 g/mol. The maximum absolute atomic E-state index is 11.7. The number of amides is 1. The van der Waals surface area contributed by atoms with Crippen LogP contribution < -0.4 is 5.73 Å². The molecule has 2 fully saturated rings.